The van der Waals surface area contributed by atoms with Crippen LogP contribution in [0.3, 0.4) is 0 Å². The molecule has 33 heavy (non-hydrogen) atoms. The van der Waals surface area contributed by atoms with Gasteiger partial charge in [-0.15, -0.1) is 0 Å². The fourth-order valence-corrected chi connectivity index (χ4v) is 4.71. The number of pyridine rings is 1. The summed E-state index contributed by atoms with van der Waals surface area (Å²) in [5.41, 5.74) is 6.86. The molecule has 1 aromatic carbocycles. The van der Waals surface area contributed by atoms with Crippen molar-refractivity contribution in [3.8, 4) is 22.6 Å². The summed E-state index contributed by atoms with van der Waals surface area (Å²) in [6, 6.07) is 9.00. The van der Waals surface area contributed by atoms with Gasteiger partial charge in [0.15, 0.2) is 11.5 Å². The Hall–Kier alpha value is -3.72. The van der Waals surface area contributed by atoms with Crippen molar-refractivity contribution in [2.24, 2.45) is 0 Å². The molecule has 0 bridgehead atoms. The van der Waals surface area contributed by atoms with Crippen molar-refractivity contribution in [2.45, 2.75) is 18.9 Å². The Morgan fingerprint density at radius 1 is 1.03 bits per heavy atom. The molecule has 1 saturated heterocycles. The minimum absolute atomic E-state index is 0.574. The summed E-state index contributed by atoms with van der Waals surface area (Å²) in [6.45, 7) is 4.07. The van der Waals surface area contributed by atoms with E-state index in [9.17, 15) is 0 Å². The number of H-pyrrole nitrogens is 2. The van der Waals surface area contributed by atoms with E-state index in [1.807, 2.05) is 12.4 Å². The molecule has 5 heterocycles. The van der Waals surface area contributed by atoms with Gasteiger partial charge in [0.25, 0.3) is 0 Å². The normalized spacial score (nSPS) is 17.4. The third kappa shape index (κ3) is 3.19. The highest BCUT2D eigenvalue weighted by atomic mass is 15.3. The lowest BCUT2D eigenvalue weighted by Gasteiger charge is -2.33. The van der Waals surface area contributed by atoms with Gasteiger partial charge in [0, 0.05) is 49.5 Å². The van der Waals surface area contributed by atoms with Crippen LogP contribution in [0, 0.1) is 0 Å². The van der Waals surface area contributed by atoms with Crippen molar-refractivity contribution >= 4 is 27.8 Å². The Morgan fingerprint density at radius 2 is 1.91 bits per heavy atom. The van der Waals surface area contributed by atoms with E-state index in [1.165, 1.54) is 12.8 Å². The van der Waals surface area contributed by atoms with Gasteiger partial charge in [-0.05, 0) is 43.7 Å². The number of likely N-dealkylation sites (N-methyl/N-ethyl adjacent to an activating group) is 1. The van der Waals surface area contributed by atoms with E-state index in [2.05, 4.69) is 77.3 Å². The lowest BCUT2D eigenvalue weighted by molar-refractivity contribution is 0.313. The van der Waals surface area contributed by atoms with Crippen LogP contribution >= 0.6 is 0 Å². The van der Waals surface area contributed by atoms with Crippen molar-refractivity contribution in [3.63, 3.8) is 0 Å². The van der Waals surface area contributed by atoms with E-state index in [4.69, 9.17) is 4.98 Å². The largest absolute Gasteiger partial charge is 0.367 e. The number of anilines is 1. The molecule has 1 aliphatic heterocycles. The Bertz CT molecular complexity index is 1460. The summed E-state index contributed by atoms with van der Waals surface area (Å²) < 4.78 is 2.08. The molecule has 5 aromatic rings. The summed E-state index contributed by atoms with van der Waals surface area (Å²) in [7, 11) is 2.17. The summed E-state index contributed by atoms with van der Waals surface area (Å²) in [5.74, 6) is 0.733. The van der Waals surface area contributed by atoms with E-state index in [1.54, 1.807) is 0 Å². The number of hydrogen-bond donors (Lipinski definition) is 2. The van der Waals surface area contributed by atoms with Crippen molar-refractivity contribution < 1.29 is 0 Å². The summed E-state index contributed by atoms with van der Waals surface area (Å²) in [5, 5.41) is 13.3. The van der Waals surface area contributed by atoms with E-state index >= 15 is 0 Å². The molecule has 0 unspecified atom stereocenters. The number of aromatic amines is 2. The zero-order valence-corrected chi connectivity index (χ0v) is 18.5. The lowest BCUT2D eigenvalue weighted by atomic mass is 10.1. The highest BCUT2D eigenvalue weighted by molar-refractivity contribution is 5.96. The second kappa shape index (κ2) is 7.14. The highest BCUT2D eigenvalue weighted by Gasteiger charge is 2.24. The number of nitrogens with zero attached hydrogens (tertiary/aromatic N) is 7. The van der Waals surface area contributed by atoms with E-state index in [0.717, 1.165) is 76.6 Å². The topological polar surface area (TPSA) is 94.5 Å². The van der Waals surface area contributed by atoms with Gasteiger partial charge in [0.05, 0.1) is 23.4 Å². The molecule has 0 amide bonds. The van der Waals surface area contributed by atoms with Gasteiger partial charge in [-0.2, -0.15) is 10.2 Å². The number of hydrogen-bond acceptors (Lipinski definition) is 6. The van der Waals surface area contributed by atoms with Gasteiger partial charge < -0.3 is 14.8 Å². The molecule has 0 radical (unpaired) electrons. The van der Waals surface area contributed by atoms with Crippen LogP contribution in [0.4, 0.5) is 5.69 Å². The van der Waals surface area contributed by atoms with Crippen LogP contribution in [-0.4, -0.2) is 73.1 Å². The van der Waals surface area contributed by atoms with Crippen molar-refractivity contribution in [2.75, 3.05) is 38.1 Å². The number of piperazine rings is 1. The van der Waals surface area contributed by atoms with Crippen LogP contribution < -0.4 is 4.90 Å². The Labute approximate surface area is 190 Å². The molecule has 0 spiro atoms. The maximum absolute atomic E-state index is 4.97. The molecule has 166 valence electrons. The minimum atomic E-state index is 0.574. The fraction of sp³-hybridized carbons (Fsp3) is 0.333. The van der Waals surface area contributed by atoms with E-state index in [-0.39, 0.29) is 0 Å². The number of fused-ring (bicyclic) bond motifs is 2. The minimum Gasteiger partial charge on any atom is -0.367 e. The van der Waals surface area contributed by atoms with Crippen LogP contribution in [0.2, 0.25) is 0 Å². The first-order valence-corrected chi connectivity index (χ1v) is 11.5. The summed E-state index contributed by atoms with van der Waals surface area (Å²) in [6.07, 6.45) is 8.40. The van der Waals surface area contributed by atoms with Crippen LogP contribution in [0.5, 0.6) is 0 Å². The van der Waals surface area contributed by atoms with Gasteiger partial charge >= 0.3 is 0 Å². The first-order valence-electron chi connectivity index (χ1n) is 11.5. The summed E-state index contributed by atoms with van der Waals surface area (Å²) >= 11 is 0. The molecule has 7 rings (SSSR count). The fourth-order valence-electron chi connectivity index (χ4n) is 4.71. The number of rotatable bonds is 4. The number of nitrogens with one attached hydrogen (secondary N) is 2. The zero-order chi connectivity index (χ0) is 21.9. The maximum Gasteiger partial charge on any atom is 0.161 e. The summed E-state index contributed by atoms with van der Waals surface area (Å²) in [4.78, 5) is 17.7. The standard InChI is InChI=1S/C24H25N9/c1-31-8-10-32(11-9-31)20-6-7-25-23-22(20)27-24(28-23)21-18-12-15(2-5-19(18)29-30-21)16-13-26-33(14-16)17-3-4-17/h2,5-7,12-14,17H,3-4,8-11H2,1H3,(H,29,30)(H,25,27,28). The van der Waals surface area contributed by atoms with Crippen LogP contribution in [0.1, 0.15) is 18.9 Å². The zero-order valence-electron chi connectivity index (χ0n) is 18.5. The predicted octanol–water partition coefficient (Wildman–Crippen LogP) is 3.45. The first-order chi connectivity index (χ1) is 16.2. The van der Waals surface area contributed by atoms with Crippen molar-refractivity contribution in [3.05, 3.63) is 42.9 Å². The van der Waals surface area contributed by atoms with E-state index in [0.29, 0.717) is 6.04 Å². The Balaban J connectivity index is 1.29. The molecule has 0 atom stereocenters. The molecule has 1 saturated carbocycles. The Morgan fingerprint density at radius 3 is 2.76 bits per heavy atom. The molecular formula is C24H25N9. The molecule has 2 fully saturated rings. The van der Waals surface area contributed by atoms with Crippen LogP contribution in [0.25, 0.3) is 44.7 Å². The molecule has 1 aliphatic carbocycles. The monoisotopic (exact) mass is 439 g/mol. The van der Waals surface area contributed by atoms with E-state index < -0.39 is 0 Å². The molecule has 9 nitrogen and oxygen atoms in total. The van der Waals surface area contributed by atoms with Crippen LogP contribution in [-0.2, 0) is 0 Å². The van der Waals surface area contributed by atoms with Crippen molar-refractivity contribution in [1.29, 1.82) is 0 Å². The predicted molar refractivity (Wildman–Crippen MR) is 128 cm³/mol. The average Bonchev–Trinajstić information content (AvgIpc) is 3.23. The smallest absolute Gasteiger partial charge is 0.161 e. The third-order valence-electron chi connectivity index (χ3n) is 6.85. The molecule has 2 aliphatic rings. The lowest BCUT2D eigenvalue weighted by Crippen LogP contribution is -2.44. The van der Waals surface area contributed by atoms with Gasteiger partial charge in [-0.25, -0.2) is 9.97 Å². The highest BCUT2D eigenvalue weighted by Crippen LogP contribution is 2.36. The number of benzene rings is 1. The second-order valence-corrected chi connectivity index (χ2v) is 9.18. The van der Waals surface area contributed by atoms with Crippen LogP contribution in [0.15, 0.2) is 42.9 Å². The number of aromatic nitrogens is 7. The molecule has 2 N–H and O–H groups in total. The van der Waals surface area contributed by atoms with Gasteiger partial charge in [-0.3, -0.25) is 9.78 Å². The van der Waals surface area contributed by atoms with Gasteiger partial charge in [0.2, 0.25) is 0 Å². The average molecular weight is 440 g/mol. The molecular weight excluding hydrogens is 414 g/mol. The second-order valence-electron chi connectivity index (χ2n) is 9.18. The van der Waals surface area contributed by atoms with Gasteiger partial charge in [-0.1, -0.05) is 6.07 Å². The van der Waals surface area contributed by atoms with Crippen molar-refractivity contribution in [1.82, 2.24) is 39.8 Å². The first kappa shape index (κ1) is 18.8. The number of imidazole rings is 1. The van der Waals surface area contributed by atoms with Gasteiger partial charge in [0.1, 0.15) is 11.2 Å². The third-order valence-corrected chi connectivity index (χ3v) is 6.85. The maximum atomic E-state index is 4.97. The quantitative estimate of drug-likeness (QED) is 0.445. The molecule has 9 heteroatoms. The molecule has 4 aromatic heterocycles. The Kier molecular flexibility index (Phi) is 4.07. The SMILES string of the molecule is CN1CCN(c2ccnc3[nH]c(-c4n[nH]c5ccc(-c6cnn(C7CC7)c6)cc45)nc23)CC1.